The van der Waals surface area contributed by atoms with Crippen LogP contribution in [0.25, 0.3) is 0 Å². The van der Waals surface area contributed by atoms with E-state index in [9.17, 15) is 9.59 Å². The summed E-state index contributed by atoms with van der Waals surface area (Å²) in [6.07, 6.45) is 9.59. The highest BCUT2D eigenvalue weighted by molar-refractivity contribution is 7.99. The second-order valence-electron chi connectivity index (χ2n) is 11.0. The molecule has 0 radical (unpaired) electrons. The van der Waals surface area contributed by atoms with Crippen molar-refractivity contribution in [2.45, 2.75) is 103 Å². The maximum absolute atomic E-state index is 13.0. The Morgan fingerprint density at radius 1 is 1.06 bits per heavy atom. The Morgan fingerprint density at radius 2 is 1.80 bits per heavy atom. The minimum Gasteiger partial charge on any atom is -0.364 e. The van der Waals surface area contributed by atoms with Gasteiger partial charge in [0.05, 0.1) is 6.61 Å². The zero-order valence-corrected chi connectivity index (χ0v) is 22.9. The van der Waals surface area contributed by atoms with Gasteiger partial charge in [-0.15, -0.1) is 0 Å². The fourth-order valence-corrected chi connectivity index (χ4v) is 6.49. The number of hydrogen-bond acceptors (Lipinski definition) is 4. The van der Waals surface area contributed by atoms with Gasteiger partial charge in [0.15, 0.2) is 0 Å². The molecule has 0 bridgehead atoms. The van der Waals surface area contributed by atoms with Crippen LogP contribution >= 0.6 is 11.8 Å². The average molecular weight is 503 g/mol. The molecule has 0 spiro atoms. The molecule has 3 atom stereocenters. The normalized spacial score (nSPS) is 20.7. The average Bonchev–Trinajstić information content (AvgIpc) is 3.31. The molecule has 0 aromatic heterocycles. The monoisotopic (exact) mass is 502 g/mol. The van der Waals surface area contributed by atoms with Crippen LogP contribution in [0, 0.1) is 11.8 Å². The Hall–Kier alpha value is -1.53. The van der Waals surface area contributed by atoms with E-state index in [-0.39, 0.29) is 11.9 Å². The summed E-state index contributed by atoms with van der Waals surface area (Å²) in [7, 11) is 0. The molecule has 1 saturated heterocycles. The molecular formula is C29H46N2O3S. The molecular weight excluding hydrogens is 456 g/mol. The molecule has 6 heteroatoms. The number of nitrogens with one attached hydrogen (secondary N) is 1. The highest BCUT2D eigenvalue weighted by Gasteiger charge is 2.30. The van der Waals surface area contributed by atoms with Gasteiger partial charge in [-0.05, 0) is 56.4 Å². The molecule has 1 aliphatic heterocycles. The van der Waals surface area contributed by atoms with E-state index in [2.05, 4.69) is 31.0 Å². The van der Waals surface area contributed by atoms with Gasteiger partial charge in [-0.1, -0.05) is 63.4 Å². The molecule has 3 rings (SSSR count). The van der Waals surface area contributed by atoms with Gasteiger partial charge in [-0.3, -0.25) is 9.59 Å². The van der Waals surface area contributed by atoms with Crippen LogP contribution in [0.3, 0.4) is 0 Å². The maximum atomic E-state index is 13.0. The lowest BCUT2D eigenvalue weighted by Gasteiger charge is -2.28. The van der Waals surface area contributed by atoms with Crippen molar-refractivity contribution in [3.8, 4) is 0 Å². The van der Waals surface area contributed by atoms with Gasteiger partial charge in [-0.25, -0.2) is 0 Å². The molecule has 2 amide bonds. The van der Waals surface area contributed by atoms with Gasteiger partial charge in [-0.2, -0.15) is 11.8 Å². The van der Waals surface area contributed by atoms with Crippen LogP contribution in [0.15, 0.2) is 30.3 Å². The summed E-state index contributed by atoms with van der Waals surface area (Å²) in [6, 6.07) is 10.4. The molecule has 1 aromatic carbocycles. The number of benzene rings is 1. The number of thioether (sulfide) groups is 1. The zero-order valence-electron chi connectivity index (χ0n) is 22.0. The summed E-state index contributed by atoms with van der Waals surface area (Å²) in [6.45, 7) is 7.66. The van der Waals surface area contributed by atoms with Crippen molar-refractivity contribution in [3.05, 3.63) is 35.9 Å². The molecule has 1 aliphatic carbocycles. The Kier molecular flexibility index (Phi) is 11.9. The van der Waals surface area contributed by atoms with Crippen LogP contribution in [0.4, 0.5) is 0 Å². The number of likely N-dealkylation sites (tertiary alicyclic amines) is 1. The van der Waals surface area contributed by atoms with Gasteiger partial charge in [0, 0.05) is 36.6 Å². The molecule has 35 heavy (non-hydrogen) atoms. The number of amides is 2. The van der Waals surface area contributed by atoms with E-state index in [1.165, 1.54) is 32.1 Å². The summed E-state index contributed by atoms with van der Waals surface area (Å²) in [5, 5.41) is 3.17. The number of carbonyl (C=O) groups excluding carboxylic acids is 2. The van der Waals surface area contributed by atoms with Gasteiger partial charge in [0.25, 0.3) is 0 Å². The van der Waals surface area contributed by atoms with E-state index >= 15 is 0 Å². The highest BCUT2D eigenvalue weighted by Crippen LogP contribution is 2.29. The lowest BCUT2D eigenvalue weighted by Crippen LogP contribution is -2.43. The molecule has 2 aliphatic rings. The Balaban J connectivity index is 1.39. The Bertz CT molecular complexity index is 766. The molecule has 5 nitrogen and oxygen atoms in total. The van der Waals surface area contributed by atoms with Crippen LogP contribution in [-0.4, -0.2) is 53.0 Å². The smallest absolute Gasteiger partial charge is 0.249 e. The first-order chi connectivity index (χ1) is 16.9. The SMILES string of the molecule is CC(C)C[C@H](OCc1ccccc1)C(=O)N[C@@H](C)CSC[C@@H]1CCCN1C(=O)CC1CCCCC1. The fourth-order valence-electron chi connectivity index (χ4n) is 5.30. The third-order valence-corrected chi connectivity index (χ3v) is 8.58. The van der Waals surface area contributed by atoms with E-state index in [0.717, 1.165) is 42.9 Å². The molecule has 1 saturated carbocycles. The lowest BCUT2D eigenvalue weighted by atomic mass is 9.86. The Labute approximate surface area is 217 Å². The van der Waals surface area contributed by atoms with Crippen LogP contribution in [0.5, 0.6) is 0 Å². The number of carbonyl (C=O) groups is 2. The van der Waals surface area contributed by atoms with Crippen molar-refractivity contribution in [2.24, 2.45) is 11.8 Å². The van der Waals surface area contributed by atoms with Crippen molar-refractivity contribution in [1.82, 2.24) is 10.2 Å². The van der Waals surface area contributed by atoms with Crippen LogP contribution in [-0.2, 0) is 20.9 Å². The number of nitrogens with zero attached hydrogens (tertiary/aromatic N) is 1. The molecule has 0 unspecified atom stereocenters. The van der Waals surface area contributed by atoms with E-state index in [0.29, 0.717) is 36.8 Å². The summed E-state index contributed by atoms with van der Waals surface area (Å²) >= 11 is 1.85. The minimum absolute atomic E-state index is 0.0205. The summed E-state index contributed by atoms with van der Waals surface area (Å²) < 4.78 is 6.03. The van der Waals surface area contributed by atoms with Crippen molar-refractivity contribution in [3.63, 3.8) is 0 Å². The summed E-state index contributed by atoms with van der Waals surface area (Å²) in [4.78, 5) is 28.1. The van der Waals surface area contributed by atoms with Gasteiger partial charge >= 0.3 is 0 Å². The third-order valence-electron chi connectivity index (χ3n) is 7.22. The van der Waals surface area contributed by atoms with Crippen LogP contribution < -0.4 is 5.32 Å². The van der Waals surface area contributed by atoms with E-state index < -0.39 is 6.10 Å². The topological polar surface area (TPSA) is 58.6 Å². The summed E-state index contributed by atoms with van der Waals surface area (Å²) in [5.74, 6) is 3.13. The van der Waals surface area contributed by atoms with Gasteiger partial charge in [0.2, 0.25) is 11.8 Å². The largest absolute Gasteiger partial charge is 0.364 e. The standard InChI is InChI=1S/C29H46N2O3S/c1-22(2)17-27(34-19-25-13-8-5-9-14-25)29(33)30-23(3)20-35-21-26-15-10-16-31(26)28(32)18-24-11-6-4-7-12-24/h5,8-9,13-14,22-24,26-27H,4,6-7,10-12,15-21H2,1-3H3,(H,30,33)/t23-,26-,27-/m0/s1. The number of hydrogen-bond donors (Lipinski definition) is 1. The first-order valence-electron chi connectivity index (χ1n) is 13.8. The van der Waals surface area contributed by atoms with Crippen molar-refractivity contribution >= 4 is 23.6 Å². The molecule has 1 N–H and O–H groups in total. The second kappa shape index (κ2) is 14.9. The Morgan fingerprint density at radius 3 is 2.51 bits per heavy atom. The van der Waals surface area contributed by atoms with Crippen LogP contribution in [0.2, 0.25) is 0 Å². The minimum atomic E-state index is -0.439. The van der Waals surface area contributed by atoms with E-state index in [1.54, 1.807) is 0 Å². The quantitative estimate of drug-likeness (QED) is 0.369. The zero-order chi connectivity index (χ0) is 25.0. The molecule has 2 fully saturated rings. The predicted octanol–water partition coefficient (Wildman–Crippen LogP) is 5.82. The number of rotatable bonds is 13. The first kappa shape index (κ1) is 28.0. The van der Waals surface area contributed by atoms with Crippen LogP contribution in [0.1, 0.15) is 84.1 Å². The lowest BCUT2D eigenvalue weighted by molar-refractivity contribution is -0.135. The third kappa shape index (κ3) is 9.80. The van der Waals surface area contributed by atoms with Gasteiger partial charge in [0.1, 0.15) is 6.10 Å². The van der Waals surface area contributed by atoms with Crippen molar-refractivity contribution < 1.29 is 14.3 Å². The molecule has 1 aromatic rings. The predicted molar refractivity (Wildman–Crippen MR) is 145 cm³/mol. The van der Waals surface area contributed by atoms with Crippen molar-refractivity contribution in [2.75, 3.05) is 18.1 Å². The van der Waals surface area contributed by atoms with E-state index in [4.69, 9.17) is 4.74 Å². The van der Waals surface area contributed by atoms with Gasteiger partial charge < -0.3 is 15.0 Å². The van der Waals surface area contributed by atoms with E-state index in [1.807, 2.05) is 42.1 Å². The van der Waals surface area contributed by atoms with Crippen molar-refractivity contribution in [1.29, 1.82) is 0 Å². The molecule has 1 heterocycles. The molecule has 196 valence electrons. The maximum Gasteiger partial charge on any atom is 0.249 e. The fraction of sp³-hybridized carbons (Fsp3) is 0.724. The first-order valence-corrected chi connectivity index (χ1v) is 14.9. The number of ether oxygens (including phenoxy) is 1. The highest BCUT2D eigenvalue weighted by atomic mass is 32.2. The second-order valence-corrected chi connectivity index (χ2v) is 12.0. The summed E-state index contributed by atoms with van der Waals surface area (Å²) in [5.41, 5.74) is 1.08.